The third-order valence-electron chi connectivity index (χ3n) is 4.00. The molecule has 2 aromatic carbocycles. The summed E-state index contributed by atoms with van der Waals surface area (Å²) < 4.78 is 29.0. The molecule has 0 aromatic heterocycles. The maximum atomic E-state index is 12.2. The monoisotopic (exact) mass is 345 g/mol. The van der Waals surface area contributed by atoms with E-state index in [-0.39, 0.29) is 23.0 Å². The van der Waals surface area contributed by atoms with Crippen LogP contribution in [0.4, 0.5) is 5.69 Å². The van der Waals surface area contributed by atoms with E-state index < -0.39 is 9.84 Å². The summed E-state index contributed by atoms with van der Waals surface area (Å²) in [6.45, 7) is 2.30. The van der Waals surface area contributed by atoms with E-state index in [1.54, 1.807) is 19.1 Å². The van der Waals surface area contributed by atoms with Gasteiger partial charge in [0.2, 0.25) is 5.91 Å². The highest BCUT2D eigenvalue weighted by atomic mass is 32.2. The Morgan fingerprint density at radius 2 is 1.92 bits per heavy atom. The minimum atomic E-state index is -3.22. The van der Waals surface area contributed by atoms with Gasteiger partial charge in [0.25, 0.3) is 0 Å². The first-order chi connectivity index (χ1) is 11.5. The molecule has 0 radical (unpaired) electrons. The Hall–Kier alpha value is -2.34. The summed E-state index contributed by atoms with van der Waals surface area (Å²) in [6, 6.07) is 12.0. The summed E-state index contributed by atoms with van der Waals surface area (Å²) in [7, 11) is -3.22. The van der Waals surface area contributed by atoms with Gasteiger partial charge in [-0.1, -0.05) is 19.1 Å². The van der Waals surface area contributed by atoms with Crippen LogP contribution in [-0.4, -0.2) is 26.7 Å². The predicted octanol–water partition coefficient (Wildman–Crippen LogP) is 2.60. The fraction of sp³-hybridized carbons (Fsp3) is 0.278. The number of ether oxygens (including phenoxy) is 1. The highest BCUT2D eigenvalue weighted by molar-refractivity contribution is 7.91. The average molecular weight is 345 g/mol. The number of benzene rings is 2. The van der Waals surface area contributed by atoms with Crippen LogP contribution in [-0.2, 0) is 27.5 Å². The number of hydrogen-bond donors (Lipinski definition) is 1. The first kappa shape index (κ1) is 16.5. The third-order valence-corrected chi connectivity index (χ3v) is 5.75. The lowest BCUT2D eigenvalue weighted by atomic mass is 10.1. The van der Waals surface area contributed by atoms with Gasteiger partial charge >= 0.3 is 0 Å². The number of hydrogen-bond acceptors (Lipinski definition) is 4. The largest absolute Gasteiger partial charge is 0.493 e. The second kappa shape index (κ2) is 6.65. The van der Waals surface area contributed by atoms with Gasteiger partial charge in [-0.3, -0.25) is 4.79 Å². The predicted molar refractivity (Wildman–Crippen MR) is 92.1 cm³/mol. The fourth-order valence-corrected chi connectivity index (χ4v) is 3.54. The Morgan fingerprint density at radius 3 is 2.62 bits per heavy atom. The van der Waals surface area contributed by atoms with E-state index in [9.17, 15) is 13.2 Å². The number of carbonyl (C=O) groups is 1. The van der Waals surface area contributed by atoms with Gasteiger partial charge in [-0.15, -0.1) is 0 Å². The van der Waals surface area contributed by atoms with Crippen LogP contribution >= 0.6 is 0 Å². The van der Waals surface area contributed by atoms with Crippen LogP contribution in [0.3, 0.4) is 0 Å². The molecule has 3 rings (SSSR count). The fourth-order valence-electron chi connectivity index (χ4n) is 2.65. The molecule has 0 aliphatic carbocycles. The second-order valence-corrected chi connectivity index (χ2v) is 7.97. The number of amides is 1. The van der Waals surface area contributed by atoms with Gasteiger partial charge in [-0.25, -0.2) is 8.42 Å². The summed E-state index contributed by atoms with van der Waals surface area (Å²) >= 11 is 0. The van der Waals surface area contributed by atoms with E-state index in [2.05, 4.69) is 5.32 Å². The van der Waals surface area contributed by atoms with Crippen molar-refractivity contribution in [1.29, 1.82) is 0 Å². The van der Waals surface area contributed by atoms with Crippen LogP contribution in [0.5, 0.6) is 5.75 Å². The highest BCUT2D eigenvalue weighted by Crippen LogP contribution is 2.26. The number of carbonyl (C=O) groups excluding carboxylic acids is 1. The van der Waals surface area contributed by atoms with E-state index in [0.29, 0.717) is 12.3 Å². The van der Waals surface area contributed by atoms with Gasteiger partial charge in [0.1, 0.15) is 5.75 Å². The van der Waals surface area contributed by atoms with Crippen molar-refractivity contribution in [2.24, 2.45) is 0 Å². The first-order valence-corrected chi connectivity index (χ1v) is 9.50. The van der Waals surface area contributed by atoms with Crippen LogP contribution < -0.4 is 10.1 Å². The van der Waals surface area contributed by atoms with E-state index in [0.717, 1.165) is 23.3 Å². The Balaban J connectivity index is 1.65. The van der Waals surface area contributed by atoms with Crippen molar-refractivity contribution in [3.63, 3.8) is 0 Å². The van der Waals surface area contributed by atoms with Crippen molar-refractivity contribution in [1.82, 2.24) is 0 Å². The average Bonchev–Trinajstić information content (AvgIpc) is 3.03. The van der Waals surface area contributed by atoms with Gasteiger partial charge in [-0.05, 0) is 41.5 Å². The van der Waals surface area contributed by atoms with E-state index in [4.69, 9.17) is 4.74 Å². The molecular formula is C18H19NO4S. The maximum absolute atomic E-state index is 12.2. The first-order valence-electron chi connectivity index (χ1n) is 7.85. The molecule has 2 aromatic rings. The molecule has 0 spiro atoms. The molecule has 6 heteroatoms. The van der Waals surface area contributed by atoms with Crippen LogP contribution in [0.15, 0.2) is 47.4 Å². The van der Waals surface area contributed by atoms with Crippen molar-refractivity contribution < 1.29 is 17.9 Å². The molecule has 126 valence electrons. The third kappa shape index (κ3) is 3.59. The molecule has 0 atom stereocenters. The van der Waals surface area contributed by atoms with Crippen molar-refractivity contribution in [2.45, 2.75) is 24.7 Å². The van der Waals surface area contributed by atoms with Crippen LogP contribution in [0.1, 0.15) is 18.1 Å². The minimum Gasteiger partial charge on any atom is -0.493 e. The summed E-state index contributed by atoms with van der Waals surface area (Å²) in [5.74, 6) is 0.813. The lowest BCUT2D eigenvalue weighted by molar-refractivity contribution is -0.115. The van der Waals surface area contributed by atoms with Crippen LogP contribution in [0, 0.1) is 0 Å². The number of nitrogens with one attached hydrogen (secondary N) is 1. The van der Waals surface area contributed by atoms with Crippen LogP contribution in [0.25, 0.3) is 0 Å². The molecule has 24 heavy (non-hydrogen) atoms. The molecule has 1 aliphatic heterocycles. The van der Waals surface area contributed by atoms with Gasteiger partial charge in [0, 0.05) is 12.1 Å². The van der Waals surface area contributed by atoms with Gasteiger partial charge in [0.15, 0.2) is 9.84 Å². The van der Waals surface area contributed by atoms with Crippen LogP contribution in [0.2, 0.25) is 0 Å². The quantitative estimate of drug-likeness (QED) is 0.904. The molecule has 1 heterocycles. The zero-order chi connectivity index (χ0) is 17.2. The highest BCUT2D eigenvalue weighted by Gasteiger charge is 2.14. The summed E-state index contributed by atoms with van der Waals surface area (Å²) in [5.41, 5.74) is 2.65. The molecule has 0 saturated carbocycles. The Labute approximate surface area is 141 Å². The van der Waals surface area contributed by atoms with Gasteiger partial charge in [0.05, 0.1) is 23.7 Å². The molecule has 0 saturated heterocycles. The smallest absolute Gasteiger partial charge is 0.228 e. The Morgan fingerprint density at radius 1 is 1.17 bits per heavy atom. The lowest BCUT2D eigenvalue weighted by Crippen LogP contribution is -2.14. The summed E-state index contributed by atoms with van der Waals surface area (Å²) in [6.07, 6.45) is 1.14. The SMILES string of the molecule is CCS(=O)(=O)c1ccc(NC(=O)Cc2ccc3c(c2)CCO3)cc1. The molecular weight excluding hydrogens is 326 g/mol. The zero-order valence-electron chi connectivity index (χ0n) is 13.4. The topological polar surface area (TPSA) is 72.5 Å². The number of rotatable bonds is 5. The van der Waals surface area contributed by atoms with E-state index in [1.165, 1.54) is 12.1 Å². The Bertz CT molecular complexity index is 857. The molecule has 1 amide bonds. The van der Waals surface area contributed by atoms with E-state index >= 15 is 0 Å². The zero-order valence-corrected chi connectivity index (χ0v) is 14.2. The van der Waals surface area contributed by atoms with Crippen molar-refractivity contribution in [2.75, 3.05) is 17.7 Å². The number of anilines is 1. The molecule has 1 aliphatic rings. The minimum absolute atomic E-state index is 0.0563. The lowest BCUT2D eigenvalue weighted by Gasteiger charge is -2.08. The van der Waals surface area contributed by atoms with Crippen molar-refractivity contribution >= 4 is 21.4 Å². The Kier molecular flexibility index (Phi) is 4.57. The number of fused-ring (bicyclic) bond motifs is 1. The van der Waals surface area contributed by atoms with Gasteiger partial charge in [-0.2, -0.15) is 0 Å². The maximum Gasteiger partial charge on any atom is 0.228 e. The molecule has 0 fully saturated rings. The van der Waals surface area contributed by atoms with Gasteiger partial charge < -0.3 is 10.1 Å². The standard InChI is InChI=1S/C18H19NO4S/c1-2-24(21,22)16-6-4-15(5-7-16)19-18(20)12-13-3-8-17-14(11-13)9-10-23-17/h3-8,11H,2,9-10,12H2,1H3,(H,19,20). The second-order valence-electron chi connectivity index (χ2n) is 5.69. The summed E-state index contributed by atoms with van der Waals surface area (Å²) in [5, 5.41) is 2.79. The molecule has 5 nitrogen and oxygen atoms in total. The normalized spacial score (nSPS) is 13.2. The summed E-state index contributed by atoms with van der Waals surface area (Å²) in [4.78, 5) is 12.4. The van der Waals surface area contributed by atoms with E-state index in [1.807, 2.05) is 18.2 Å². The number of sulfone groups is 1. The molecule has 1 N–H and O–H groups in total. The van der Waals surface area contributed by atoms with Crippen molar-refractivity contribution in [3.8, 4) is 5.75 Å². The van der Waals surface area contributed by atoms with Crippen molar-refractivity contribution in [3.05, 3.63) is 53.6 Å². The molecule has 0 unspecified atom stereocenters. The molecule has 0 bridgehead atoms.